The fraction of sp³-hybridized carbons (Fsp3) is 0.900. The molecule has 3 nitrogen and oxygen atoms in total. The van der Waals surface area contributed by atoms with Crippen molar-refractivity contribution in [1.82, 2.24) is 4.90 Å². The molecule has 1 atom stereocenters. The van der Waals surface area contributed by atoms with Crippen molar-refractivity contribution in [3.8, 4) is 0 Å². The van der Waals surface area contributed by atoms with Crippen LogP contribution in [0.25, 0.3) is 0 Å². The third-order valence-corrected chi connectivity index (χ3v) is 2.97. The van der Waals surface area contributed by atoms with Crippen LogP contribution in [0, 0.1) is 5.92 Å². The Balaban J connectivity index is 2.45. The van der Waals surface area contributed by atoms with E-state index in [1.165, 1.54) is 6.42 Å². The molecular formula is C10H20N2O. The van der Waals surface area contributed by atoms with Gasteiger partial charge in [-0.25, -0.2) is 0 Å². The number of nitrogens with zero attached hydrogens (tertiary/aromatic N) is 1. The molecule has 76 valence electrons. The lowest BCUT2D eigenvalue weighted by molar-refractivity contribution is -0.135. The van der Waals surface area contributed by atoms with Gasteiger partial charge < -0.3 is 10.6 Å². The minimum Gasteiger partial charge on any atom is -0.341 e. The molecule has 0 unspecified atom stereocenters. The Morgan fingerprint density at radius 1 is 1.46 bits per heavy atom. The maximum atomic E-state index is 11.7. The monoisotopic (exact) mass is 184 g/mol. The molecule has 0 bridgehead atoms. The van der Waals surface area contributed by atoms with Gasteiger partial charge in [-0.15, -0.1) is 0 Å². The number of amides is 1. The van der Waals surface area contributed by atoms with E-state index < -0.39 is 0 Å². The Kier molecular flexibility index (Phi) is 3.31. The molecule has 0 aromatic heterocycles. The number of nitrogens with two attached hydrogens (primary N) is 1. The van der Waals surface area contributed by atoms with Crippen molar-refractivity contribution in [1.29, 1.82) is 0 Å². The van der Waals surface area contributed by atoms with Gasteiger partial charge >= 0.3 is 0 Å². The second-order valence-corrected chi connectivity index (χ2v) is 4.30. The van der Waals surface area contributed by atoms with Crippen molar-refractivity contribution in [2.45, 2.75) is 45.2 Å². The molecule has 0 spiro atoms. The molecule has 0 saturated heterocycles. The van der Waals surface area contributed by atoms with Crippen LogP contribution < -0.4 is 5.73 Å². The Morgan fingerprint density at radius 3 is 2.31 bits per heavy atom. The minimum absolute atomic E-state index is 0.0969. The van der Waals surface area contributed by atoms with Gasteiger partial charge in [0.05, 0.1) is 6.04 Å². The molecule has 2 N–H and O–H groups in total. The summed E-state index contributed by atoms with van der Waals surface area (Å²) < 4.78 is 0. The standard InChI is InChI=1S/C10H20N2O/c1-7(2)9(11)10(13)12(3)8-5-4-6-8/h7-9H,4-6,11H2,1-3H3/t9-/m1/s1. The number of likely N-dealkylation sites (N-methyl/N-ethyl adjacent to an activating group) is 1. The molecule has 13 heavy (non-hydrogen) atoms. The smallest absolute Gasteiger partial charge is 0.239 e. The first-order chi connectivity index (χ1) is 6.04. The summed E-state index contributed by atoms with van der Waals surface area (Å²) in [5.41, 5.74) is 5.79. The summed E-state index contributed by atoms with van der Waals surface area (Å²) in [7, 11) is 1.87. The molecule has 1 aliphatic rings. The first kappa shape index (κ1) is 10.5. The van der Waals surface area contributed by atoms with Crippen molar-refractivity contribution in [2.75, 3.05) is 7.05 Å². The van der Waals surface area contributed by atoms with Crippen LogP contribution in [0.1, 0.15) is 33.1 Å². The van der Waals surface area contributed by atoms with Gasteiger partial charge in [-0.05, 0) is 25.2 Å². The lowest BCUT2D eigenvalue weighted by Crippen LogP contribution is -2.50. The summed E-state index contributed by atoms with van der Waals surface area (Å²) in [6.07, 6.45) is 3.54. The molecular weight excluding hydrogens is 164 g/mol. The highest BCUT2D eigenvalue weighted by Crippen LogP contribution is 2.24. The number of carbonyl (C=O) groups is 1. The van der Waals surface area contributed by atoms with E-state index in [9.17, 15) is 4.79 Å². The fourth-order valence-electron chi connectivity index (χ4n) is 1.47. The number of hydrogen-bond donors (Lipinski definition) is 1. The summed E-state index contributed by atoms with van der Waals surface area (Å²) in [5, 5.41) is 0. The van der Waals surface area contributed by atoms with E-state index in [-0.39, 0.29) is 17.9 Å². The summed E-state index contributed by atoms with van der Waals surface area (Å²) >= 11 is 0. The Bertz CT molecular complexity index is 187. The van der Waals surface area contributed by atoms with E-state index >= 15 is 0 Å². The average molecular weight is 184 g/mol. The zero-order valence-corrected chi connectivity index (χ0v) is 8.79. The van der Waals surface area contributed by atoms with Gasteiger partial charge in [0.25, 0.3) is 0 Å². The van der Waals surface area contributed by atoms with Crippen LogP contribution in [0.15, 0.2) is 0 Å². The Morgan fingerprint density at radius 2 is 2.00 bits per heavy atom. The van der Waals surface area contributed by atoms with Gasteiger partial charge in [0.15, 0.2) is 0 Å². The van der Waals surface area contributed by atoms with E-state index in [0.29, 0.717) is 6.04 Å². The molecule has 0 radical (unpaired) electrons. The maximum absolute atomic E-state index is 11.7. The number of hydrogen-bond acceptors (Lipinski definition) is 2. The Labute approximate surface area is 80.3 Å². The first-order valence-corrected chi connectivity index (χ1v) is 5.06. The molecule has 1 fully saturated rings. The highest BCUT2D eigenvalue weighted by Gasteiger charge is 2.29. The zero-order valence-electron chi connectivity index (χ0n) is 8.79. The minimum atomic E-state index is -0.328. The van der Waals surface area contributed by atoms with E-state index in [4.69, 9.17) is 5.73 Å². The third kappa shape index (κ3) is 2.21. The molecule has 3 heteroatoms. The van der Waals surface area contributed by atoms with Crippen LogP contribution in [0.3, 0.4) is 0 Å². The van der Waals surface area contributed by atoms with Gasteiger partial charge in [0.2, 0.25) is 5.91 Å². The summed E-state index contributed by atoms with van der Waals surface area (Å²) in [5.74, 6) is 0.328. The average Bonchev–Trinajstić information content (AvgIpc) is 1.98. The highest BCUT2D eigenvalue weighted by atomic mass is 16.2. The molecule has 0 aromatic rings. The largest absolute Gasteiger partial charge is 0.341 e. The summed E-state index contributed by atoms with van der Waals surface area (Å²) in [6, 6.07) is 0.128. The highest BCUT2D eigenvalue weighted by molar-refractivity contribution is 5.82. The first-order valence-electron chi connectivity index (χ1n) is 5.06. The Hall–Kier alpha value is -0.570. The van der Waals surface area contributed by atoms with Crippen molar-refractivity contribution >= 4 is 5.91 Å². The summed E-state index contributed by atoms with van der Waals surface area (Å²) in [4.78, 5) is 13.5. The number of carbonyl (C=O) groups excluding carboxylic acids is 1. The number of rotatable bonds is 3. The van der Waals surface area contributed by atoms with Crippen molar-refractivity contribution in [2.24, 2.45) is 11.7 Å². The van der Waals surface area contributed by atoms with Gasteiger partial charge in [0, 0.05) is 13.1 Å². The predicted molar refractivity (Wildman–Crippen MR) is 53.2 cm³/mol. The molecule has 1 saturated carbocycles. The lowest BCUT2D eigenvalue weighted by Gasteiger charge is -2.36. The van der Waals surface area contributed by atoms with Gasteiger partial charge in [-0.2, -0.15) is 0 Å². The van der Waals surface area contributed by atoms with Crippen LogP contribution in [0.4, 0.5) is 0 Å². The van der Waals surface area contributed by atoms with Gasteiger partial charge in [-0.1, -0.05) is 13.8 Å². The summed E-state index contributed by atoms with van der Waals surface area (Å²) in [6.45, 7) is 3.97. The second kappa shape index (κ2) is 4.09. The van der Waals surface area contributed by atoms with Crippen molar-refractivity contribution in [3.05, 3.63) is 0 Å². The van der Waals surface area contributed by atoms with Gasteiger partial charge in [0.1, 0.15) is 0 Å². The fourth-order valence-corrected chi connectivity index (χ4v) is 1.47. The maximum Gasteiger partial charge on any atom is 0.239 e. The van der Waals surface area contributed by atoms with Crippen LogP contribution in [0.5, 0.6) is 0 Å². The van der Waals surface area contributed by atoms with Crippen LogP contribution in [0.2, 0.25) is 0 Å². The van der Waals surface area contributed by atoms with Crippen LogP contribution >= 0.6 is 0 Å². The van der Waals surface area contributed by atoms with Crippen LogP contribution in [-0.2, 0) is 4.79 Å². The lowest BCUT2D eigenvalue weighted by atomic mass is 9.91. The molecule has 0 aromatic carbocycles. The molecule has 1 amide bonds. The molecule has 0 heterocycles. The van der Waals surface area contributed by atoms with Crippen molar-refractivity contribution in [3.63, 3.8) is 0 Å². The second-order valence-electron chi connectivity index (χ2n) is 4.30. The molecule has 1 rings (SSSR count). The van der Waals surface area contributed by atoms with Crippen LogP contribution in [-0.4, -0.2) is 29.9 Å². The van der Waals surface area contributed by atoms with Crippen molar-refractivity contribution < 1.29 is 4.79 Å². The molecule has 0 aliphatic heterocycles. The normalized spacial score (nSPS) is 19.8. The molecule has 1 aliphatic carbocycles. The zero-order chi connectivity index (χ0) is 10.0. The quantitative estimate of drug-likeness (QED) is 0.710. The predicted octanol–water partition coefficient (Wildman–Crippen LogP) is 0.981. The SMILES string of the molecule is CC(C)[C@@H](N)C(=O)N(C)C1CCC1. The van der Waals surface area contributed by atoms with E-state index in [1.807, 2.05) is 25.8 Å². The van der Waals surface area contributed by atoms with E-state index in [2.05, 4.69) is 0 Å². The van der Waals surface area contributed by atoms with E-state index in [0.717, 1.165) is 12.8 Å². The van der Waals surface area contributed by atoms with E-state index in [1.54, 1.807) is 0 Å². The van der Waals surface area contributed by atoms with Gasteiger partial charge in [-0.3, -0.25) is 4.79 Å². The third-order valence-electron chi connectivity index (χ3n) is 2.97. The topological polar surface area (TPSA) is 46.3 Å².